The number of ether oxygens (including phenoxy) is 2. The fourth-order valence-corrected chi connectivity index (χ4v) is 5.10. The van der Waals surface area contributed by atoms with Crippen molar-refractivity contribution in [3.8, 4) is 11.6 Å². The number of carbonyl (C=O) groups is 5. The molecule has 0 bridgehead atoms. The number of hydrazine groups is 1. The molecule has 0 unspecified atom stereocenters. The number of hydrogen-bond donors (Lipinski definition) is 2. The highest BCUT2D eigenvalue weighted by atomic mass is 35.5. The topological polar surface area (TPSA) is 166 Å². The van der Waals surface area contributed by atoms with Crippen molar-refractivity contribution in [3.63, 3.8) is 0 Å². The van der Waals surface area contributed by atoms with Gasteiger partial charge in [-0.05, 0) is 64.3 Å². The number of fused-ring (bicyclic) bond motifs is 1. The number of ketones is 1. The van der Waals surface area contributed by atoms with Gasteiger partial charge in [-0.3, -0.25) is 29.0 Å². The monoisotopic (exact) mass is 670 g/mol. The largest absolute Gasteiger partial charge is 0.469 e. The third-order valence-electron chi connectivity index (χ3n) is 7.10. The van der Waals surface area contributed by atoms with Gasteiger partial charge in [0.15, 0.2) is 18.1 Å². The third kappa shape index (κ3) is 8.34. The van der Waals surface area contributed by atoms with Crippen LogP contribution in [0.5, 0.6) is 5.88 Å². The number of amides is 3. The summed E-state index contributed by atoms with van der Waals surface area (Å²) in [5, 5.41) is 8.52. The van der Waals surface area contributed by atoms with Gasteiger partial charge >= 0.3 is 12.1 Å². The molecule has 0 aliphatic carbocycles. The second kappa shape index (κ2) is 13.7. The molecule has 2 aliphatic rings. The zero-order valence-electron chi connectivity index (χ0n) is 25.3. The van der Waals surface area contributed by atoms with Gasteiger partial charge in [-0.25, -0.2) is 9.69 Å². The number of nitrogens with one attached hydrogen (secondary N) is 1. The fraction of sp³-hybridized carbons (Fsp3) is 0.517. The maximum absolute atomic E-state index is 13.6. The van der Waals surface area contributed by atoms with Gasteiger partial charge in [0.05, 0.1) is 18.2 Å². The number of hydrogen-bond acceptors (Lipinski definition) is 9. The summed E-state index contributed by atoms with van der Waals surface area (Å²) in [6, 6.07) is 2.42. The Balaban J connectivity index is 1.58. The first-order valence-electron chi connectivity index (χ1n) is 14.4. The average molecular weight is 671 g/mol. The van der Waals surface area contributed by atoms with E-state index in [1.165, 1.54) is 29.3 Å². The number of benzene rings is 1. The van der Waals surface area contributed by atoms with E-state index in [0.29, 0.717) is 17.5 Å². The highest BCUT2D eigenvalue weighted by Crippen LogP contribution is 2.32. The Morgan fingerprint density at radius 2 is 1.80 bits per heavy atom. The number of halogens is 4. The molecule has 2 saturated heterocycles. The molecule has 3 N–H and O–H groups in total. The summed E-state index contributed by atoms with van der Waals surface area (Å²) in [7, 11) is 0. The molecule has 0 radical (unpaired) electrons. The average Bonchev–Trinajstić information content (AvgIpc) is 3.37. The standard InChI is InChI=1S/C29H34ClF3N6O7/c1-28(2,3)46-25(42)13-19(35-26(43)20-5-4-12-37-23(41)11-10-18(34)27(44)39(20)37)21(40)15-45-24-14-22(29(31,32)33)36-38(24)17-8-6-16(30)7-9-17/h6-9,14,18-20H,4-5,10-13,15,34H2,1-3H3,(H,35,43)/t18-,19-,20-/m0/s1. The Labute approximate surface area is 267 Å². The first-order valence-corrected chi connectivity index (χ1v) is 14.8. The van der Waals surface area contributed by atoms with E-state index in [9.17, 15) is 37.1 Å². The van der Waals surface area contributed by atoms with Gasteiger partial charge in [-0.15, -0.1) is 0 Å². The zero-order chi connectivity index (χ0) is 34.0. The minimum absolute atomic E-state index is 0.0114. The highest BCUT2D eigenvalue weighted by molar-refractivity contribution is 6.30. The molecule has 0 saturated carbocycles. The summed E-state index contributed by atoms with van der Waals surface area (Å²) in [6.07, 6.45) is -4.88. The van der Waals surface area contributed by atoms with Gasteiger partial charge in [0.1, 0.15) is 17.7 Å². The second-order valence-corrected chi connectivity index (χ2v) is 12.3. The summed E-state index contributed by atoms with van der Waals surface area (Å²) in [6.45, 7) is 4.10. The number of nitrogens with two attached hydrogens (primary N) is 1. The van der Waals surface area contributed by atoms with Crippen molar-refractivity contribution >= 4 is 41.1 Å². The van der Waals surface area contributed by atoms with Gasteiger partial charge in [-0.1, -0.05) is 11.6 Å². The van der Waals surface area contributed by atoms with Crippen LogP contribution >= 0.6 is 11.6 Å². The Morgan fingerprint density at radius 1 is 1.13 bits per heavy atom. The number of rotatable bonds is 9. The smallest absolute Gasteiger partial charge is 0.435 e. The van der Waals surface area contributed by atoms with E-state index >= 15 is 0 Å². The summed E-state index contributed by atoms with van der Waals surface area (Å²) < 4.78 is 52.2. The predicted octanol–water partition coefficient (Wildman–Crippen LogP) is 2.56. The lowest BCUT2D eigenvalue weighted by atomic mass is 10.0. The second-order valence-electron chi connectivity index (χ2n) is 11.9. The highest BCUT2D eigenvalue weighted by Gasteiger charge is 2.44. The van der Waals surface area contributed by atoms with E-state index in [1.54, 1.807) is 20.8 Å². The maximum Gasteiger partial charge on any atom is 0.435 e. The molecular weight excluding hydrogens is 637 g/mol. The van der Waals surface area contributed by atoms with Crippen LogP contribution < -0.4 is 15.8 Å². The maximum atomic E-state index is 13.6. The SMILES string of the molecule is CC(C)(C)OC(=O)C[C@H](NC(=O)[C@@H]1CCCN2C(=O)CC[C@H](N)C(=O)N12)C(=O)COc1cc(C(F)(F)F)nn1-c1ccc(Cl)cc1. The molecule has 2 aromatic rings. The van der Waals surface area contributed by atoms with E-state index in [-0.39, 0.29) is 37.4 Å². The number of carbonyl (C=O) groups excluding carboxylic acids is 5. The van der Waals surface area contributed by atoms with Crippen molar-refractivity contribution in [3.05, 3.63) is 41.0 Å². The summed E-state index contributed by atoms with van der Waals surface area (Å²) in [4.78, 5) is 65.5. The van der Waals surface area contributed by atoms with E-state index in [1.807, 2.05) is 0 Å². The van der Waals surface area contributed by atoms with Gasteiger partial charge in [0.2, 0.25) is 17.7 Å². The van der Waals surface area contributed by atoms with Crippen molar-refractivity contribution in [1.29, 1.82) is 0 Å². The van der Waals surface area contributed by atoms with Crippen molar-refractivity contribution in [2.45, 2.75) is 82.8 Å². The Hall–Kier alpha value is -4.18. The quantitative estimate of drug-likeness (QED) is 0.381. The van der Waals surface area contributed by atoms with Gasteiger partial charge in [0, 0.05) is 24.1 Å². The molecule has 2 fully saturated rings. The van der Waals surface area contributed by atoms with Crippen molar-refractivity contribution in [2.75, 3.05) is 13.2 Å². The number of aromatic nitrogens is 2. The first kappa shape index (κ1) is 34.7. The van der Waals surface area contributed by atoms with E-state index in [0.717, 1.165) is 9.69 Å². The molecular formula is C29H34ClF3N6O7. The lowest BCUT2D eigenvalue weighted by molar-refractivity contribution is -0.176. The molecule has 250 valence electrons. The molecule has 3 heterocycles. The molecule has 2 aliphatic heterocycles. The number of esters is 1. The summed E-state index contributed by atoms with van der Waals surface area (Å²) >= 11 is 5.90. The molecule has 46 heavy (non-hydrogen) atoms. The van der Waals surface area contributed by atoms with E-state index < -0.39 is 78.1 Å². The molecule has 3 atom stereocenters. The van der Waals surface area contributed by atoms with Crippen LogP contribution in [0.3, 0.4) is 0 Å². The van der Waals surface area contributed by atoms with Crippen LogP contribution in [-0.2, 0) is 34.9 Å². The minimum atomic E-state index is -4.84. The van der Waals surface area contributed by atoms with Crippen LogP contribution in [0.2, 0.25) is 5.02 Å². The molecule has 17 heteroatoms. The Bertz CT molecular complexity index is 1490. The Kier molecular flexibility index (Phi) is 10.3. The van der Waals surface area contributed by atoms with Crippen LogP contribution in [0, 0.1) is 0 Å². The molecule has 1 aromatic carbocycles. The van der Waals surface area contributed by atoms with Crippen LogP contribution in [-0.4, -0.2) is 86.2 Å². The van der Waals surface area contributed by atoms with Gasteiger partial charge < -0.3 is 20.5 Å². The first-order chi connectivity index (χ1) is 21.4. The van der Waals surface area contributed by atoms with Crippen LogP contribution in [0.4, 0.5) is 13.2 Å². The fourth-order valence-electron chi connectivity index (χ4n) is 4.98. The van der Waals surface area contributed by atoms with Crippen molar-refractivity contribution in [1.82, 2.24) is 25.1 Å². The third-order valence-corrected chi connectivity index (χ3v) is 7.35. The van der Waals surface area contributed by atoms with Gasteiger partial charge in [-0.2, -0.15) is 18.3 Å². The zero-order valence-corrected chi connectivity index (χ0v) is 26.1. The predicted molar refractivity (Wildman–Crippen MR) is 155 cm³/mol. The summed E-state index contributed by atoms with van der Waals surface area (Å²) in [5.74, 6) is -4.06. The van der Waals surface area contributed by atoms with E-state index in [4.69, 9.17) is 26.8 Å². The van der Waals surface area contributed by atoms with Crippen molar-refractivity contribution < 1.29 is 46.6 Å². The molecule has 3 amide bonds. The molecule has 4 rings (SSSR count). The number of nitrogens with zero attached hydrogens (tertiary/aromatic N) is 4. The lowest BCUT2D eigenvalue weighted by Crippen LogP contribution is -2.64. The molecule has 13 nitrogen and oxygen atoms in total. The number of alkyl halides is 3. The molecule has 0 spiro atoms. The van der Waals surface area contributed by atoms with Gasteiger partial charge in [0.25, 0.3) is 5.91 Å². The normalized spacial score (nSPS) is 19.7. The van der Waals surface area contributed by atoms with Crippen LogP contribution in [0.1, 0.15) is 58.6 Å². The van der Waals surface area contributed by atoms with Crippen LogP contribution in [0.25, 0.3) is 5.69 Å². The van der Waals surface area contributed by atoms with Crippen molar-refractivity contribution in [2.24, 2.45) is 5.73 Å². The van der Waals surface area contributed by atoms with E-state index in [2.05, 4.69) is 10.4 Å². The molecule has 1 aromatic heterocycles. The number of Topliss-reactive ketones (excluding diaryl/α,β-unsaturated/α-hetero) is 1. The summed E-state index contributed by atoms with van der Waals surface area (Å²) in [5.41, 5.74) is 3.87. The Morgan fingerprint density at radius 3 is 2.43 bits per heavy atom. The lowest BCUT2D eigenvalue weighted by Gasteiger charge is -2.43. The minimum Gasteiger partial charge on any atom is -0.469 e. The van der Waals surface area contributed by atoms with Crippen LogP contribution in [0.15, 0.2) is 30.3 Å².